The van der Waals surface area contributed by atoms with E-state index in [0.29, 0.717) is 32.2 Å². The predicted octanol–water partition coefficient (Wildman–Crippen LogP) is 1.43. The minimum Gasteiger partial charge on any atom is -0.444 e. The van der Waals surface area contributed by atoms with E-state index in [9.17, 15) is 14.9 Å². The van der Waals surface area contributed by atoms with Crippen molar-refractivity contribution in [1.82, 2.24) is 24.3 Å². The molecule has 1 atom stereocenters. The number of nitro groups is 1. The fourth-order valence-corrected chi connectivity index (χ4v) is 3.81. The Hall–Kier alpha value is -2.40. The van der Waals surface area contributed by atoms with Crippen molar-refractivity contribution < 1.29 is 19.2 Å². The van der Waals surface area contributed by atoms with E-state index in [0.717, 1.165) is 26.2 Å². The Morgan fingerprint density at radius 3 is 2.60 bits per heavy atom. The fraction of sp³-hybridized carbons (Fsp3) is 0.789. The molecule has 0 bridgehead atoms. The average Bonchev–Trinajstić information content (AvgIpc) is 3.14. The van der Waals surface area contributed by atoms with Gasteiger partial charge < -0.3 is 29.4 Å². The first kappa shape index (κ1) is 22.3. The highest BCUT2D eigenvalue weighted by Gasteiger charge is 2.41. The summed E-state index contributed by atoms with van der Waals surface area (Å²) in [4.78, 5) is 32.7. The molecule has 1 aromatic heterocycles. The van der Waals surface area contributed by atoms with E-state index in [4.69, 9.17) is 9.47 Å². The Morgan fingerprint density at radius 1 is 1.37 bits per heavy atom. The van der Waals surface area contributed by atoms with Crippen molar-refractivity contribution in [2.45, 2.75) is 45.4 Å². The summed E-state index contributed by atoms with van der Waals surface area (Å²) in [6.07, 6.45) is 1.17. The second kappa shape index (κ2) is 8.38. The second-order valence-electron chi connectivity index (χ2n) is 9.37. The van der Waals surface area contributed by atoms with Crippen LogP contribution in [0.5, 0.6) is 6.01 Å². The lowest BCUT2D eigenvalue weighted by atomic mass is 10.1. The number of ether oxygens (including phenoxy) is 2. The molecule has 0 radical (unpaired) electrons. The topological polar surface area (TPSA) is 106 Å². The minimum atomic E-state index is -0.513. The Morgan fingerprint density at radius 2 is 2.03 bits per heavy atom. The van der Waals surface area contributed by atoms with Gasteiger partial charge in [0.25, 0.3) is 0 Å². The number of carbonyl (C=O) groups excluding carboxylic acids is 1. The highest BCUT2D eigenvalue weighted by molar-refractivity contribution is 5.68. The lowest BCUT2D eigenvalue weighted by Gasteiger charge is -2.36. The van der Waals surface area contributed by atoms with Crippen LogP contribution in [0.3, 0.4) is 0 Å². The quantitative estimate of drug-likeness (QED) is 0.499. The van der Waals surface area contributed by atoms with Crippen molar-refractivity contribution >= 4 is 11.9 Å². The van der Waals surface area contributed by atoms with Crippen LogP contribution in [0.2, 0.25) is 0 Å². The van der Waals surface area contributed by atoms with Gasteiger partial charge in [0.2, 0.25) is 0 Å². The molecule has 0 spiro atoms. The van der Waals surface area contributed by atoms with Gasteiger partial charge in [-0.15, -0.1) is 0 Å². The molecule has 0 aliphatic carbocycles. The van der Waals surface area contributed by atoms with E-state index in [1.165, 1.54) is 6.20 Å². The first-order valence-corrected chi connectivity index (χ1v) is 10.2. The maximum atomic E-state index is 12.2. The molecular formula is C19H32N6O5. The average molecular weight is 425 g/mol. The number of piperazine rings is 1. The molecule has 1 aromatic rings. The van der Waals surface area contributed by atoms with Crippen LogP contribution in [0, 0.1) is 10.1 Å². The summed E-state index contributed by atoms with van der Waals surface area (Å²) in [7, 11) is 2.04. The van der Waals surface area contributed by atoms with Gasteiger partial charge in [-0.25, -0.2) is 4.79 Å². The van der Waals surface area contributed by atoms with Crippen LogP contribution in [0.25, 0.3) is 0 Å². The summed E-state index contributed by atoms with van der Waals surface area (Å²) in [5.41, 5.74) is -0.946. The Kier molecular flexibility index (Phi) is 6.23. The number of amides is 1. The van der Waals surface area contributed by atoms with Gasteiger partial charge in [-0.1, -0.05) is 0 Å². The molecule has 1 saturated heterocycles. The largest absolute Gasteiger partial charge is 0.444 e. The number of imidazole rings is 1. The third-order valence-electron chi connectivity index (χ3n) is 5.18. The molecule has 11 heteroatoms. The van der Waals surface area contributed by atoms with Crippen molar-refractivity contribution in [2.24, 2.45) is 0 Å². The van der Waals surface area contributed by atoms with Gasteiger partial charge in [-0.05, 0) is 39.7 Å². The van der Waals surface area contributed by atoms with Crippen molar-refractivity contribution in [2.75, 3.05) is 52.9 Å². The molecule has 3 rings (SSSR count). The molecule has 2 aliphatic heterocycles. The van der Waals surface area contributed by atoms with Gasteiger partial charge in [-0.3, -0.25) is 9.47 Å². The molecule has 11 nitrogen and oxygen atoms in total. The molecule has 0 saturated carbocycles. The maximum absolute atomic E-state index is 12.2. The molecule has 3 heterocycles. The number of hydrogen-bond acceptors (Lipinski definition) is 8. The molecule has 0 aromatic carbocycles. The molecule has 30 heavy (non-hydrogen) atoms. The van der Waals surface area contributed by atoms with Crippen LogP contribution in [0.15, 0.2) is 6.20 Å². The van der Waals surface area contributed by atoms with E-state index < -0.39 is 16.1 Å². The van der Waals surface area contributed by atoms with E-state index in [-0.39, 0.29) is 11.9 Å². The molecule has 1 amide bonds. The zero-order valence-corrected chi connectivity index (χ0v) is 18.5. The number of hydrogen-bond donors (Lipinski definition) is 0. The van der Waals surface area contributed by atoms with Gasteiger partial charge in [0.15, 0.2) is 0 Å². The normalized spacial score (nSPS) is 22.1. The number of nitrogens with zero attached hydrogens (tertiary/aromatic N) is 6. The lowest BCUT2D eigenvalue weighted by molar-refractivity contribution is -0.389. The highest BCUT2D eigenvalue weighted by atomic mass is 16.6. The standard InChI is InChI=1S/C19H32N6O5/c1-18(2,3)30-17(26)23-10-8-22(9-11-23)7-6-21(5)13-19(4)14-24-12-15(25(27)28)20-16(24)29-19/h12H,6-11,13-14H2,1-5H3/t19-/m0/s1. The van der Waals surface area contributed by atoms with Crippen LogP contribution < -0.4 is 4.74 Å². The summed E-state index contributed by atoms with van der Waals surface area (Å²) < 4.78 is 13.0. The van der Waals surface area contributed by atoms with Gasteiger partial charge >= 0.3 is 17.9 Å². The van der Waals surface area contributed by atoms with E-state index in [1.807, 2.05) is 34.7 Å². The zero-order chi connectivity index (χ0) is 22.1. The third kappa shape index (κ3) is 5.60. The number of rotatable bonds is 6. The fourth-order valence-electron chi connectivity index (χ4n) is 3.81. The summed E-state index contributed by atoms with van der Waals surface area (Å²) >= 11 is 0. The highest BCUT2D eigenvalue weighted by Crippen LogP contribution is 2.31. The summed E-state index contributed by atoms with van der Waals surface area (Å²) in [6, 6.07) is 0.302. The predicted molar refractivity (Wildman–Crippen MR) is 110 cm³/mol. The van der Waals surface area contributed by atoms with Crippen molar-refractivity contribution in [3.63, 3.8) is 0 Å². The third-order valence-corrected chi connectivity index (χ3v) is 5.18. The van der Waals surface area contributed by atoms with Gasteiger partial charge in [0.1, 0.15) is 17.4 Å². The van der Waals surface area contributed by atoms with Crippen LogP contribution in [0.1, 0.15) is 27.7 Å². The van der Waals surface area contributed by atoms with Crippen LogP contribution in [-0.4, -0.2) is 99.3 Å². The summed E-state index contributed by atoms with van der Waals surface area (Å²) in [5, 5.41) is 10.8. The molecule has 2 aliphatic rings. The SMILES string of the molecule is CN(CCN1CCN(C(=O)OC(C)(C)C)CC1)C[C@@]1(C)Cn2cc([N+](=O)[O-])nc2O1. The number of likely N-dealkylation sites (N-methyl/N-ethyl adjacent to an activating group) is 1. The first-order chi connectivity index (χ1) is 13.9. The van der Waals surface area contributed by atoms with Crippen LogP contribution >= 0.6 is 0 Å². The molecule has 0 unspecified atom stereocenters. The molecule has 1 fully saturated rings. The number of aromatic nitrogens is 2. The Balaban J connectivity index is 1.39. The lowest BCUT2D eigenvalue weighted by Crippen LogP contribution is -2.52. The van der Waals surface area contributed by atoms with Gasteiger partial charge in [-0.2, -0.15) is 0 Å². The van der Waals surface area contributed by atoms with Crippen molar-refractivity contribution in [1.29, 1.82) is 0 Å². The number of carbonyl (C=O) groups is 1. The second-order valence-corrected chi connectivity index (χ2v) is 9.37. The van der Waals surface area contributed by atoms with Gasteiger partial charge in [0.05, 0.1) is 6.54 Å². The minimum absolute atomic E-state index is 0.189. The van der Waals surface area contributed by atoms with E-state index in [2.05, 4.69) is 14.8 Å². The number of fused-ring (bicyclic) bond motifs is 1. The zero-order valence-electron chi connectivity index (χ0n) is 18.5. The molecule has 168 valence electrons. The molecule has 0 N–H and O–H groups in total. The summed E-state index contributed by atoms with van der Waals surface area (Å²) in [6.45, 7) is 13.5. The smallest absolute Gasteiger partial charge is 0.415 e. The Labute approximate surface area is 176 Å². The van der Waals surface area contributed by atoms with E-state index >= 15 is 0 Å². The van der Waals surface area contributed by atoms with Gasteiger partial charge in [0, 0.05) is 50.8 Å². The monoisotopic (exact) mass is 424 g/mol. The molecular weight excluding hydrogens is 392 g/mol. The van der Waals surface area contributed by atoms with Crippen molar-refractivity contribution in [3.8, 4) is 6.01 Å². The maximum Gasteiger partial charge on any atom is 0.415 e. The van der Waals surface area contributed by atoms with Crippen molar-refractivity contribution in [3.05, 3.63) is 16.3 Å². The first-order valence-electron chi connectivity index (χ1n) is 10.2. The van der Waals surface area contributed by atoms with Crippen LogP contribution in [0.4, 0.5) is 10.6 Å². The Bertz CT molecular complexity index is 757. The van der Waals surface area contributed by atoms with Crippen LogP contribution in [-0.2, 0) is 11.3 Å². The van der Waals surface area contributed by atoms with E-state index in [1.54, 1.807) is 9.47 Å². The summed E-state index contributed by atoms with van der Waals surface area (Å²) in [5.74, 6) is -0.189.